The standard InChI is InChI=1S/C36H55N5O6/c1-34(2,3)24-19-27(31(45)38-26(18-22-13-14-22)28(43)30(37)44)41(21-24)32(46)29(35(4,5)6)39-33(47)40-36(15-8-7-9-16-36)20-23-11-10-12-25(42)17-23/h10-12,17,22,24,26-27,29,42H,7-9,13-16,18-21H2,1-6H3,(H2,37,44)(H,38,45)(H2,39,40,47)/t24-,26?,27+,29-/m1/s1. The van der Waals surface area contributed by atoms with Gasteiger partial charge in [0.15, 0.2) is 0 Å². The van der Waals surface area contributed by atoms with Crippen molar-refractivity contribution in [1.29, 1.82) is 0 Å². The van der Waals surface area contributed by atoms with Crippen molar-refractivity contribution in [1.82, 2.24) is 20.9 Å². The molecule has 0 aromatic heterocycles. The molecule has 0 spiro atoms. The first-order valence-corrected chi connectivity index (χ1v) is 17.2. The maximum atomic E-state index is 14.5. The Morgan fingerprint density at radius 1 is 1.00 bits per heavy atom. The van der Waals surface area contributed by atoms with Crippen molar-refractivity contribution in [2.45, 2.75) is 129 Å². The van der Waals surface area contributed by atoms with Gasteiger partial charge in [-0.05, 0) is 72.5 Å². The molecule has 1 heterocycles. The molecule has 1 unspecified atom stereocenters. The van der Waals surface area contributed by atoms with E-state index < -0.39 is 52.7 Å². The Morgan fingerprint density at radius 2 is 1.66 bits per heavy atom. The molecule has 1 saturated heterocycles. The molecule has 1 aromatic rings. The highest BCUT2D eigenvalue weighted by atomic mass is 16.3. The van der Waals surface area contributed by atoms with Crippen LogP contribution in [0.3, 0.4) is 0 Å². The van der Waals surface area contributed by atoms with Gasteiger partial charge in [0, 0.05) is 12.1 Å². The first-order valence-electron chi connectivity index (χ1n) is 17.2. The monoisotopic (exact) mass is 653 g/mol. The fraction of sp³-hybridized carbons (Fsp3) is 0.694. The molecule has 47 heavy (non-hydrogen) atoms. The number of urea groups is 1. The number of benzene rings is 1. The Kier molecular flexibility index (Phi) is 11.0. The normalized spacial score (nSPS) is 22.6. The van der Waals surface area contributed by atoms with E-state index in [1.54, 1.807) is 23.1 Å². The van der Waals surface area contributed by atoms with Crippen molar-refractivity contribution in [3.8, 4) is 5.75 Å². The van der Waals surface area contributed by atoms with Crippen LogP contribution >= 0.6 is 0 Å². The van der Waals surface area contributed by atoms with E-state index >= 15 is 0 Å². The number of carbonyl (C=O) groups is 5. The minimum absolute atomic E-state index is 0.0156. The highest BCUT2D eigenvalue weighted by molar-refractivity contribution is 6.37. The molecular weight excluding hydrogens is 598 g/mol. The number of hydrogen-bond donors (Lipinski definition) is 5. The number of rotatable bonds is 11. The maximum absolute atomic E-state index is 14.5. The van der Waals surface area contributed by atoms with Crippen LogP contribution in [0.15, 0.2) is 24.3 Å². The average Bonchev–Trinajstić information content (AvgIpc) is 3.66. The first-order chi connectivity index (χ1) is 21.9. The van der Waals surface area contributed by atoms with Gasteiger partial charge < -0.3 is 31.7 Å². The van der Waals surface area contributed by atoms with Gasteiger partial charge in [0.05, 0.1) is 6.04 Å². The molecule has 3 aliphatic rings. The Labute approximate surface area is 279 Å². The summed E-state index contributed by atoms with van der Waals surface area (Å²) < 4.78 is 0. The van der Waals surface area contributed by atoms with Gasteiger partial charge in [-0.1, -0.05) is 85.8 Å². The number of Topliss-reactive ketones (excluding diaryl/α,β-unsaturated/α-hetero) is 1. The number of carbonyl (C=O) groups excluding carboxylic acids is 5. The third-order valence-electron chi connectivity index (χ3n) is 10.3. The molecule has 11 nitrogen and oxygen atoms in total. The lowest BCUT2D eigenvalue weighted by Crippen LogP contribution is -2.62. The minimum atomic E-state index is -1.09. The molecule has 4 atom stereocenters. The van der Waals surface area contributed by atoms with Crippen LogP contribution in [-0.2, 0) is 25.6 Å². The van der Waals surface area contributed by atoms with Crippen molar-refractivity contribution in [3.05, 3.63) is 29.8 Å². The van der Waals surface area contributed by atoms with E-state index in [2.05, 4.69) is 36.7 Å². The zero-order valence-corrected chi connectivity index (χ0v) is 29.0. The lowest BCUT2D eigenvalue weighted by atomic mass is 9.77. The summed E-state index contributed by atoms with van der Waals surface area (Å²) in [6, 6.07) is 3.76. The smallest absolute Gasteiger partial charge is 0.315 e. The second-order valence-electron chi connectivity index (χ2n) is 16.4. The van der Waals surface area contributed by atoms with Crippen LogP contribution in [0.4, 0.5) is 4.79 Å². The fourth-order valence-corrected chi connectivity index (χ4v) is 7.17. The Morgan fingerprint density at radius 3 is 2.21 bits per heavy atom. The van der Waals surface area contributed by atoms with Crippen molar-refractivity contribution in [3.63, 3.8) is 0 Å². The SMILES string of the molecule is CC(C)(C)[C@@H]1C[C@@H](C(=O)NC(CC2CC2)C(=O)C(N)=O)N(C(=O)[C@@H](NC(=O)NC2(Cc3cccc(O)c3)CCCCC2)C(C)(C)C)C1. The third-order valence-corrected chi connectivity index (χ3v) is 10.3. The number of amides is 5. The summed E-state index contributed by atoms with van der Waals surface area (Å²) in [6.45, 7) is 12.1. The van der Waals surface area contributed by atoms with Gasteiger partial charge in [-0.3, -0.25) is 19.2 Å². The number of likely N-dealkylation sites (tertiary alicyclic amines) is 1. The summed E-state index contributed by atoms with van der Waals surface area (Å²) in [6.07, 6.45) is 7.68. The number of ketones is 1. The maximum Gasteiger partial charge on any atom is 0.315 e. The summed E-state index contributed by atoms with van der Waals surface area (Å²) in [5.41, 5.74) is 4.79. The molecule has 1 aliphatic heterocycles. The lowest BCUT2D eigenvalue weighted by molar-refractivity contribution is -0.143. The Balaban J connectivity index is 1.55. The average molecular weight is 654 g/mol. The minimum Gasteiger partial charge on any atom is -0.508 e. The predicted octanol–water partition coefficient (Wildman–Crippen LogP) is 3.95. The quantitative estimate of drug-likeness (QED) is 0.226. The fourth-order valence-electron chi connectivity index (χ4n) is 7.17. The predicted molar refractivity (Wildman–Crippen MR) is 179 cm³/mol. The van der Waals surface area contributed by atoms with Crippen LogP contribution in [-0.4, -0.2) is 69.8 Å². The highest BCUT2D eigenvalue weighted by Gasteiger charge is 2.48. The van der Waals surface area contributed by atoms with E-state index in [0.717, 1.165) is 50.5 Å². The van der Waals surface area contributed by atoms with E-state index in [1.807, 2.05) is 26.8 Å². The third kappa shape index (κ3) is 9.47. The van der Waals surface area contributed by atoms with E-state index in [4.69, 9.17) is 5.73 Å². The van der Waals surface area contributed by atoms with Crippen molar-refractivity contribution in [2.75, 3.05) is 6.54 Å². The topological polar surface area (TPSA) is 171 Å². The van der Waals surface area contributed by atoms with Gasteiger partial charge >= 0.3 is 6.03 Å². The second-order valence-corrected chi connectivity index (χ2v) is 16.4. The number of phenols is 1. The molecule has 11 heteroatoms. The van der Waals surface area contributed by atoms with Gasteiger partial charge in [0.1, 0.15) is 17.8 Å². The number of primary amides is 1. The van der Waals surface area contributed by atoms with E-state index in [0.29, 0.717) is 25.8 Å². The Bertz CT molecular complexity index is 1340. The number of hydrogen-bond acceptors (Lipinski definition) is 6. The van der Waals surface area contributed by atoms with Crippen LogP contribution < -0.4 is 21.7 Å². The summed E-state index contributed by atoms with van der Waals surface area (Å²) >= 11 is 0. The van der Waals surface area contributed by atoms with Crippen molar-refractivity contribution < 1.29 is 29.1 Å². The van der Waals surface area contributed by atoms with Crippen LogP contribution in [0, 0.1) is 22.7 Å². The first kappa shape index (κ1) is 36.2. The molecule has 3 fully saturated rings. The van der Waals surface area contributed by atoms with E-state index in [1.165, 1.54) is 0 Å². The summed E-state index contributed by atoms with van der Waals surface area (Å²) in [7, 11) is 0. The van der Waals surface area contributed by atoms with Crippen LogP contribution in [0.2, 0.25) is 0 Å². The molecule has 6 N–H and O–H groups in total. The van der Waals surface area contributed by atoms with E-state index in [-0.39, 0.29) is 28.9 Å². The second kappa shape index (κ2) is 14.2. The number of nitrogens with one attached hydrogen (secondary N) is 3. The van der Waals surface area contributed by atoms with E-state index in [9.17, 15) is 29.1 Å². The van der Waals surface area contributed by atoms with Crippen molar-refractivity contribution in [2.24, 2.45) is 28.4 Å². The van der Waals surface area contributed by atoms with Crippen LogP contribution in [0.25, 0.3) is 0 Å². The summed E-state index contributed by atoms with van der Waals surface area (Å²) in [5.74, 6) is -2.38. The van der Waals surface area contributed by atoms with Crippen molar-refractivity contribution >= 4 is 29.5 Å². The highest BCUT2D eigenvalue weighted by Crippen LogP contribution is 2.39. The zero-order chi connectivity index (χ0) is 34.7. The van der Waals surface area contributed by atoms with Gasteiger partial charge in [-0.2, -0.15) is 0 Å². The molecule has 4 rings (SSSR count). The number of aromatic hydroxyl groups is 1. The van der Waals surface area contributed by atoms with Crippen LogP contribution in [0.5, 0.6) is 5.75 Å². The van der Waals surface area contributed by atoms with Crippen LogP contribution in [0.1, 0.15) is 105 Å². The molecule has 260 valence electrons. The summed E-state index contributed by atoms with van der Waals surface area (Å²) in [5, 5.41) is 19.0. The largest absolute Gasteiger partial charge is 0.508 e. The molecule has 0 bridgehead atoms. The number of nitrogens with zero attached hydrogens (tertiary/aromatic N) is 1. The summed E-state index contributed by atoms with van der Waals surface area (Å²) in [4.78, 5) is 68.1. The molecule has 2 aliphatic carbocycles. The van der Waals surface area contributed by atoms with Gasteiger partial charge in [-0.15, -0.1) is 0 Å². The van der Waals surface area contributed by atoms with Gasteiger partial charge in [0.2, 0.25) is 17.6 Å². The number of nitrogens with two attached hydrogens (primary N) is 1. The number of phenolic OH excluding ortho intramolecular Hbond substituents is 1. The Hall–Kier alpha value is -3.63. The lowest BCUT2D eigenvalue weighted by Gasteiger charge is -2.40. The molecule has 1 aromatic carbocycles. The molecule has 2 saturated carbocycles. The molecule has 5 amide bonds. The molecule has 0 radical (unpaired) electrons. The van der Waals surface area contributed by atoms with Gasteiger partial charge in [-0.25, -0.2) is 4.79 Å². The zero-order valence-electron chi connectivity index (χ0n) is 29.0. The van der Waals surface area contributed by atoms with Gasteiger partial charge in [0.25, 0.3) is 5.91 Å². The molecular formula is C36H55N5O6.